The summed E-state index contributed by atoms with van der Waals surface area (Å²) in [7, 11) is 0. The Morgan fingerprint density at radius 1 is 1.40 bits per heavy atom. The van der Waals surface area contributed by atoms with E-state index >= 15 is 0 Å². The van der Waals surface area contributed by atoms with Crippen LogP contribution in [0.15, 0.2) is 22.7 Å². The van der Waals surface area contributed by atoms with Gasteiger partial charge in [0.25, 0.3) is 0 Å². The maximum Gasteiger partial charge on any atom is 0.335 e. The Labute approximate surface area is 99.2 Å². The molecule has 2 unspecified atom stereocenters. The fraction of sp³-hybridized carbons (Fsp3) is 0.222. The number of benzene rings is 1. The molecule has 0 fully saturated rings. The van der Waals surface area contributed by atoms with Crippen LogP contribution in [0.25, 0.3) is 0 Å². The zero-order chi connectivity index (χ0) is 11.6. The topological polar surface area (TPSA) is 77.8 Å². The summed E-state index contributed by atoms with van der Waals surface area (Å²) < 4.78 is 0.702. The maximum atomic E-state index is 10.4. The number of aliphatic hydroxyl groups is 2. The second kappa shape index (κ2) is 4.94. The van der Waals surface area contributed by atoms with E-state index in [1.807, 2.05) is 0 Å². The lowest BCUT2D eigenvalue weighted by atomic mass is 10.0. The van der Waals surface area contributed by atoms with E-state index in [4.69, 9.17) is 21.8 Å². The first-order chi connectivity index (χ1) is 6.93. The Morgan fingerprint density at radius 2 is 2.00 bits per heavy atom. The molecule has 0 aliphatic carbocycles. The number of rotatable bonds is 3. The molecule has 0 aliphatic heterocycles. The van der Waals surface area contributed by atoms with Gasteiger partial charge in [-0.2, -0.15) is 0 Å². The summed E-state index contributed by atoms with van der Waals surface area (Å²) in [5.74, 6) is -1.50. The van der Waals surface area contributed by atoms with Gasteiger partial charge in [0.15, 0.2) is 6.10 Å². The van der Waals surface area contributed by atoms with E-state index in [0.29, 0.717) is 4.47 Å². The highest BCUT2D eigenvalue weighted by Gasteiger charge is 2.26. The van der Waals surface area contributed by atoms with Gasteiger partial charge < -0.3 is 15.3 Å². The summed E-state index contributed by atoms with van der Waals surface area (Å²) >= 11 is 8.95. The predicted octanol–water partition coefficient (Wildman–Crippen LogP) is 1.58. The quantitative estimate of drug-likeness (QED) is 0.791. The Hall–Kier alpha value is -0.620. The molecule has 0 spiro atoms. The zero-order valence-electron chi connectivity index (χ0n) is 7.39. The van der Waals surface area contributed by atoms with Crippen LogP contribution in [0.2, 0.25) is 5.02 Å². The van der Waals surface area contributed by atoms with Crippen LogP contribution in [0.1, 0.15) is 11.7 Å². The van der Waals surface area contributed by atoms with Gasteiger partial charge in [-0.15, -0.1) is 0 Å². The van der Waals surface area contributed by atoms with E-state index in [0.717, 1.165) is 0 Å². The first-order valence-electron chi connectivity index (χ1n) is 3.97. The van der Waals surface area contributed by atoms with Crippen molar-refractivity contribution in [3.63, 3.8) is 0 Å². The van der Waals surface area contributed by atoms with Crippen LogP contribution in [0.3, 0.4) is 0 Å². The van der Waals surface area contributed by atoms with Crippen LogP contribution in [-0.2, 0) is 4.79 Å². The third kappa shape index (κ3) is 2.92. The summed E-state index contributed by atoms with van der Waals surface area (Å²) in [6.45, 7) is 0. The van der Waals surface area contributed by atoms with Crippen molar-refractivity contribution in [2.75, 3.05) is 0 Å². The highest BCUT2D eigenvalue weighted by Crippen LogP contribution is 2.28. The average molecular weight is 296 g/mol. The van der Waals surface area contributed by atoms with Crippen molar-refractivity contribution >= 4 is 33.5 Å². The van der Waals surface area contributed by atoms with E-state index < -0.39 is 18.2 Å². The lowest BCUT2D eigenvalue weighted by molar-refractivity contribution is -0.153. The summed E-state index contributed by atoms with van der Waals surface area (Å²) in [4.78, 5) is 10.4. The molecule has 6 heteroatoms. The highest BCUT2D eigenvalue weighted by molar-refractivity contribution is 9.10. The largest absolute Gasteiger partial charge is 0.479 e. The summed E-state index contributed by atoms with van der Waals surface area (Å²) in [6.07, 6.45) is -3.42. The minimum absolute atomic E-state index is 0.176. The average Bonchev–Trinajstić information content (AvgIpc) is 2.15. The number of aliphatic carboxylic acids is 1. The van der Waals surface area contributed by atoms with Crippen molar-refractivity contribution in [1.29, 1.82) is 0 Å². The van der Waals surface area contributed by atoms with Crippen molar-refractivity contribution in [3.05, 3.63) is 33.3 Å². The Morgan fingerprint density at radius 3 is 2.47 bits per heavy atom. The molecule has 0 bridgehead atoms. The van der Waals surface area contributed by atoms with E-state index in [-0.39, 0.29) is 10.6 Å². The van der Waals surface area contributed by atoms with Crippen LogP contribution >= 0.6 is 27.5 Å². The number of carbonyl (C=O) groups is 1. The second-order valence-electron chi connectivity index (χ2n) is 2.89. The molecule has 2 atom stereocenters. The van der Waals surface area contributed by atoms with E-state index in [9.17, 15) is 9.90 Å². The molecule has 82 valence electrons. The Kier molecular flexibility index (Phi) is 4.10. The first-order valence-corrected chi connectivity index (χ1v) is 5.14. The summed E-state index contributed by atoms with van der Waals surface area (Å²) in [5.41, 5.74) is 0.176. The molecular weight excluding hydrogens is 287 g/mol. The van der Waals surface area contributed by atoms with Crippen LogP contribution in [0.4, 0.5) is 0 Å². The number of carboxylic acid groups (broad SMARTS) is 1. The van der Waals surface area contributed by atoms with Gasteiger partial charge in [0.05, 0.1) is 0 Å². The number of carboxylic acids is 1. The molecule has 0 aromatic heterocycles. The van der Waals surface area contributed by atoms with Crippen LogP contribution in [0, 0.1) is 0 Å². The van der Waals surface area contributed by atoms with Crippen molar-refractivity contribution in [2.45, 2.75) is 12.2 Å². The molecule has 0 saturated heterocycles. The van der Waals surface area contributed by atoms with Gasteiger partial charge in [0.1, 0.15) is 6.10 Å². The molecule has 3 N–H and O–H groups in total. The monoisotopic (exact) mass is 294 g/mol. The fourth-order valence-corrected chi connectivity index (χ4v) is 1.83. The standard InChI is InChI=1S/C9H8BrClO4/c10-4-1-2-5(6(11)3-4)7(12)8(13)9(14)15/h1-3,7-8,12-13H,(H,14,15). The number of aliphatic hydroxyl groups excluding tert-OH is 2. The van der Waals surface area contributed by atoms with Crippen LogP contribution < -0.4 is 0 Å². The van der Waals surface area contributed by atoms with Crippen LogP contribution in [-0.4, -0.2) is 27.4 Å². The molecule has 1 rings (SSSR count). The van der Waals surface area contributed by atoms with Crippen molar-refractivity contribution < 1.29 is 20.1 Å². The molecular formula is C9H8BrClO4. The molecule has 1 aromatic rings. The third-order valence-electron chi connectivity index (χ3n) is 1.83. The number of hydrogen-bond donors (Lipinski definition) is 3. The molecule has 4 nitrogen and oxygen atoms in total. The third-order valence-corrected chi connectivity index (χ3v) is 2.65. The summed E-state index contributed by atoms with van der Waals surface area (Å²) in [6, 6.07) is 4.55. The number of halogens is 2. The van der Waals surface area contributed by atoms with Gasteiger partial charge >= 0.3 is 5.97 Å². The van der Waals surface area contributed by atoms with E-state index in [1.54, 1.807) is 6.07 Å². The minimum Gasteiger partial charge on any atom is -0.479 e. The Balaban J connectivity index is 3.01. The minimum atomic E-state index is -1.89. The van der Waals surface area contributed by atoms with Gasteiger partial charge in [0, 0.05) is 15.1 Å². The van der Waals surface area contributed by atoms with Gasteiger partial charge in [0.2, 0.25) is 0 Å². The maximum absolute atomic E-state index is 10.4. The number of hydrogen-bond acceptors (Lipinski definition) is 3. The van der Waals surface area contributed by atoms with Crippen molar-refractivity contribution in [3.8, 4) is 0 Å². The molecule has 15 heavy (non-hydrogen) atoms. The fourth-order valence-electron chi connectivity index (χ4n) is 1.05. The lowest BCUT2D eigenvalue weighted by Gasteiger charge is -2.15. The van der Waals surface area contributed by atoms with Gasteiger partial charge in [-0.1, -0.05) is 33.6 Å². The first kappa shape index (κ1) is 12.4. The normalized spacial score (nSPS) is 14.7. The van der Waals surface area contributed by atoms with Gasteiger partial charge in [-0.3, -0.25) is 0 Å². The smallest absolute Gasteiger partial charge is 0.335 e. The van der Waals surface area contributed by atoms with E-state index in [2.05, 4.69) is 15.9 Å². The van der Waals surface area contributed by atoms with Gasteiger partial charge in [-0.05, 0) is 12.1 Å². The van der Waals surface area contributed by atoms with Crippen molar-refractivity contribution in [1.82, 2.24) is 0 Å². The molecule has 0 amide bonds. The predicted molar refractivity (Wildman–Crippen MR) is 57.8 cm³/mol. The zero-order valence-corrected chi connectivity index (χ0v) is 9.73. The molecule has 1 aromatic carbocycles. The SMILES string of the molecule is O=C(O)C(O)C(O)c1ccc(Br)cc1Cl. The van der Waals surface area contributed by atoms with Gasteiger partial charge in [-0.25, -0.2) is 4.79 Å². The van der Waals surface area contributed by atoms with Crippen LogP contribution in [0.5, 0.6) is 0 Å². The van der Waals surface area contributed by atoms with Crippen molar-refractivity contribution in [2.24, 2.45) is 0 Å². The van der Waals surface area contributed by atoms with E-state index in [1.165, 1.54) is 12.1 Å². The summed E-state index contributed by atoms with van der Waals surface area (Å²) in [5, 5.41) is 27.3. The second-order valence-corrected chi connectivity index (χ2v) is 4.22. The molecule has 0 heterocycles. The molecule has 0 aliphatic rings. The molecule has 0 saturated carbocycles. The highest BCUT2D eigenvalue weighted by atomic mass is 79.9. The Bertz CT molecular complexity index is 382. The molecule has 0 radical (unpaired) electrons. The lowest BCUT2D eigenvalue weighted by Crippen LogP contribution is -2.27.